The van der Waals surface area contributed by atoms with Crippen molar-refractivity contribution in [3.8, 4) is 5.75 Å². The molecule has 2 nitrogen and oxygen atoms in total. The average molecular weight is 256 g/mol. The molecule has 0 spiro atoms. The van der Waals surface area contributed by atoms with Crippen LogP contribution in [0.25, 0.3) is 0 Å². The monoisotopic (exact) mass is 255 g/mol. The summed E-state index contributed by atoms with van der Waals surface area (Å²) >= 11 is 3.35. The summed E-state index contributed by atoms with van der Waals surface area (Å²) < 4.78 is 0.805. The summed E-state index contributed by atoms with van der Waals surface area (Å²) in [4.78, 5) is 0. The van der Waals surface area contributed by atoms with E-state index in [9.17, 15) is 5.11 Å². The molecular weight excluding hydrogens is 242 g/mol. The van der Waals surface area contributed by atoms with Crippen LogP contribution in [0.5, 0.6) is 5.75 Å². The second-order valence-corrected chi connectivity index (χ2v) is 4.61. The van der Waals surface area contributed by atoms with Gasteiger partial charge in [0.15, 0.2) is 0 Å². The molecule has 1 unspecified atom stereocenters. The van der Waals surface area contributed by atoms with Crippen LogP contribution in [0.4, 0.5) is 0 Å². The third-order valence-electron chi connectivity index (χ3n) is 2.72. The van der Waals surface area contributed by atoms with Gasteiger partial charge in [-0.05, 0) is 59.4 Å². The normalized spacial score (nSPS) is 21.4. The molecule has 76 valence electrons. The lowest BCUT2D eigenvalue weighted by Gasteiger charge is -2.13. The Bertz CT molecular complexity index is 322. The van der Waals surface area contributed by atoms with Gasteiger partial charge >= 0.3 is 0 Å². The van der Waals surface area contributed by atoms with Crippen molar-refractivity contribution in [1.29, 1.82) is 0 Å². The quantitative estimate of drug-likeness (QED) is 0.809. The van der Waals surface area contributed by atoms with Gasteiger partial charge in [-0.25, -0.2) is 0 Å². The predicted octanol–water partition coefficient (Wildman–Crippen LogP) is 2.89. The fourth-order valence-corrected chi connectivity index (χ4v) is 2.18. The summed E-state index contributed by atoms with van der Waals surface area (Å²) in [5.41, 5.74) is 2.29. The van der Waals surface area contributed by atoms with E-state index in [4.69, 9.17) is 0 Å². The van der Waals surface area contributed by atoms with Crippen molar-refractivity contribution in [1.82, 2.24) is 5.32 Å². The van der Waals surface area contributed by atoms with Gasteiger partial charge in [-0.15, -0.1) is 0 Å². The topological polar surface area (TPSA) is 32.3 Å². The van der Waals surface area contributed by atoms with Gasteiger partial charge < -0.3 is 10.4 Å². The van der Waals surface area contributed by atoms with Crippen LogP contribution in [0, 0.1) is 6.92 Å². The van der Waals surface area contributed by atoms with E-state index in [1.807, 2.05) is 13.0 Å². The second kappa shape index (κ2) is 3.91. The Morgan fingerprint density at radius 3 is 2.86 bits per heavy atom. The molecule has 0 aromatic heterocycles. The van der Waals surface area contributed by atoms with Crippen molar-refractivity contribution < 1.29 is 5.11 Å². The van der Waals surface area contributed by atoms with Crippen molar-refractivity contribution in [2.45, 2.75) is 25.8 Å². The summed E-state index contributed by atoms with van der Waals surface area (Å²) in [5.74, 6) is 0.341. The molecule has 2 N–H and O–H groups in total. The molecule has 3 heteroatoms. The van der Waals surface area contributed by atoms with E-state index in [-0.39, 0.29) is 0 Å². The van der Waals surface area contributed by atoms with Crippen LogP contribution in [0.1, 0.15) is 30.0 Å². The maximum atomic E-state index is 9.67. The van der Waals surface area contributed by atoms with Gasteiger partial charge in [0.05, 0.1) is 4.47 Å². The zero-order valence-electron chi connectivity index (χ0n) is 8.18. The standard InChI is InChI=1S/C11H14BrNO/c1-7-5-8(6-10(14)11(7)12)9-3-2-4-13-9/h5-6,9,13-14H,2-4H2,1H3. The van der Waals surface area contributed by atoms with E-state index in [2.05, 4.69) is 27.3 Å². The summed E-state index contributed by atoms with van der Waals surface area (Å²) in [6.45, 7) is 3.09. The summed E-state index contributed by atoms with van der Waals surface area (Å²) in [7, 11) is 0. The van der Waals surface area contributed by atoms with Gasteiger partial charge in [0.25, 0.3) is 0 Å². The molecule has 14 heavy (non-hydrogen) atoms. The Morgan fingerprint density at radius 2 is 2.29 bits per heavy atom. The van der Waals surface area contributed by atoms with Crippen LogP contribution in [-0.4, -0.2) is 11.7 Å². The molecule has 1 heterocycles. The number of phenols is 1. The fourth-order valence-electron chi connectivity index (χ4n) is 1.95. The lowest BCUT2D eigenvalue weighted by atomic mass is 10.0. The largest absolute Gasteiger partial charge is 0.507 e. The van der Waals surface area contributed by atoms with Gasteiger partial charge in [0.1, 0.15) is 5.75 Å². The molecule has 1 aromatic rings. The number of aromatic hydroxyl groups is 1. The maximum Gasteiger partial charge on any atom is 0.130 e. The number of phenolic OH excluding ortho intramolecular Hbond substituents is 1. The minimum atomic E-state index is 0.341. The Labute approximate surface area is 92.5 Å². The number of aryl methyl sites for hydroxylation is 1. The van der Waals surface area contributed by atoms with Crippen molar-refractivity contribution in [2.75, 3.05) is 6.54 Å². The summed E-state index contributed by atoms with van der Waals surface area (Å²) in [5, 5.41) is 13.1. The highest BCUT2D eigenvalue weighted by Gasteiger charge is 2.17. The van der Waals surface area contributed by atoms with Crippen LogP contribution < -0.4 is 5.32 Å². The Hall–Kier alpha value is -0.540. The SMILES string of the molecule is Cc1cc(C2CCCN2)cc(O)c1Br. The average Bonchev–Trinajstić information content (AvgIpc) is 2.66. The van der Waals surface area contributed by atoms with E-state index in [1.165, 1.54) is 18.4 Å². The van der Waals surface area contributed by atoms with Crippen molar-refractivity contribution >= 4 is 15.9 Å². The highest BCUT2D eigenvalue weighted by Crippen LogP contribution is 2.33. The Morgan fingerprint density at radius 1 is 1.50 bits per heavy atom. The molecule has 1 aliphatic heterocycles. The first-order valence-corrected chi connectivity index (χ1v) is 5.70. The van der Waals surface area contributed by atoms with Gasteiger partial charge in [0, 0.05) is 6.04 Å². The number of benzene rings is 1. The van der Waals surface area contributed by atoms with E-state index in [1.54, 1.807) is 0 Å². The van der Waals surface area contributed by atoms with E-state index in [0.29, 0.717) is 11.8 Å². The molecule has 1 saturated heterocycles. The molecular formula is C11H14BrNO. The van der Waals surface area contributed by atoms with Crippen LogP contribution in [0.15, 0.2) is 16.6 Å². The van der Waals surface area contributed by atoms with Crippen LogP contribution >= 0.6 is 15.9 Å². The molecule has 0 bridgehead atoms. The highest BCUT2D eigenvalue weighted by molar-refractivity contribution is 9.10. The zero-order chi connectivity index (χ0) is 10.1. The van der Waals surface area contributed by atoms with Crippen LogP contribution in [-0.2, 0) is 0 Å². The first-order chi connectivity index (χ1) is 6.68. The molecule has 0 aliphatic carbocycles. The summed E-state index contributed by atoms with van der Waals surface area (Å²) in [6, 6.07) is 4.40. The molecule has 0 radical (unpaired) electrons. The van der Waals surface area contributed by atoms with Crippen molar-refractivity contribution in [2.24, 2.45) is 0 Å². The second-order valence-electron chi connectivity index (χ2n) is 3.82. The number of halogens is 1. The van der Waals surface area contributed by atoms with E-state index < -0.39 is 0 Å². The molecule has 0 saturated carbocycles. The molecule has 1 fully saturated rings. The molecule has 1 aliphatic rings. The van der Waals surface area contributed by atoms with Crippen LogP contribution in [0.2, 0.25) is 0 Å². The smallest absolute Gasteiger partial charge is 0.130 e. The first kappa shape index (κ1) is 9.99. The van der Waals surface area contributed by atoms with Gasteiger partial charge in [-0.1, -0.05) is 6.07 Å². The minimum Gasteiger partial charge on any atom is -0.507 e. The van der Waals surface area contributed by atoms with E-state index >= 15 is 0 Å². The predicted molar refractivity (Wildman–Crippen MR) is 60.5 cm³/mol. The molecule has 1 atom stereocenters. The number of nitrogens with one attached hydrogen (secondary N) is 1. The lowest BCUT2D eigenvalue weighted by molar-refractivity contribution is 0.469. The fraction of sp³-hybridized carbons (Fsp3) is 0.455. The van der Waals surface area contributed by atoms with E-state index in [0.717, 1.165) is 16.6 Å². The third-order valence-corrected chi connectivity index (χ3v) is 3.75. The Balaban J connectivity index is 2.34. The highest BCUT2D eigenvalue weighted by atomic mass is 79.9. The van der Waals surface area contributed by atoms with Crippen LogP contribution in [0.3, 0.4) is 0 Å². The maximum absolute atomic E-state index is 9.67. The van der Waals surface area contributed by atoms with Gasteiger partial charge in [0.2, 0.25) is 0 Å². The zero-order valence-corrected chi connectivity index (χ0v) is 9.76. The number of hydrogen-bond donors (Lipinski definition) is 2. The van der Waals surface area contributed by atoms with Gasteiger partial charge in [-0.2, -0.15) is 0 Å². The molecule has 1 aromatic carbocycles. The van der Waals surface area contributed by atoms with Gasteiger partial charge in [-0.3, -0.25) is 0 Å². The lowest BCUT2D eigenvalue weighted by Crippen LogP contribution is -2.12. The number of rotatable bonds is 1. The van der Waals surface area contributed by atoms with Crippen molar-refractivity contribution in [3.05, 3.63) is 27.7 Å². The van der Waals surface area contributed by atoms with Crippen molar-refractivity contribution in [3.63, 3.8) is 0 Å². The summed E-state index contributed by atoms with van der Waals surface area (Å²) in [6.07, 6.45) is 2.39. The third kappa shape index (κ3) is 1.79. The minimum absolute atomic E-state index is 0.341. The number of hydrogen-bond acceptors (Lipinski definition) is 2. The molecule has 0 amide bonds. The Kier molecular flexibility index (Phi) is 2.79. The first-order valence-electron chi connectivity index (χ1n) is 4.91. The molecule has 2 rings (SSSR count).